The predicted molar refractivity (Wildman–Crippen MR) is 89.6 cm³/mol. The van der Waals surface area contributed by atoms with E-state index in [1.807, 2.05) is 6.07 Å². The van der Waals surface area contributed by atoms with E-state index < -0.39 is 17.0 Å². The van der Waals surface area contributed by atoms with Crippen LogP contribution in [0.25, 0.3) is 0 Å². The summed E-state index contributed by atoms with van der Waals surface area (Å²) in [5.41, 5.74) is 4.00. The zero-order valence-electron chi connectivity index (χ0n) is 13.1. The first-order valence-electron chi connectivity index (χ1n) is 7.12. The largest absolute Gasteiger partial charge is 0.467 e. The molecule has 130 valence electrons. The molecule has 0 saturated carbocycles. The maximum Gasteiger partial charge on any atom is 0.329 e. The first-order chi connectivity index (χ1) is 12.0. The van der Waals surface area contributed by atoms with Crippen LogP contribution in [0.1, 0.15) is 16.1 Å². The van der Waals surface area contributed by atoms with Gasteiger partial charge in [-0.1, -0.05) is 11.8 Å². The van der Waals surface area contributed by atoms with Crippen molar-refractivity contribution in [2.24, 2.45) is 7.05 Å². The van der Waals surface area contributed by atoms with Gasteiger partial charge < -0.3 is 14.7 Å². The standard InChI is InChI=1S/C14H14N6O4S/c1-19-11(15)10(12(22)17-13(19)23)9(21)6-25-14-18-16-7-20(14)5-8-3-2-4-24-8/h2-4,7H,5-6,15H2,1H3,(H,17,22,23). The predicted octanol–water partition coefficient (Wildman–Crippen LogP) is -0.136. The number of aromatic nitrogens is 5. The highest BCUT2D eigenvalue weighted by Crippen LogP contribution is 2.18. The second-order valence-corrected chi connectivity index (χ2v) is 6.05. The van der Waals surface area contributed by atoms with Crippen molar-refractivity contribution in [1.82, 2.24) is 24.3 Å². The Morgan fingerprint density at radius 2 is 2.24 bits per heavy atom. The van der Waals surface area contributed by atoms with Gasteiger partial charge in [-0.05, 0) is 12.1 Å². The Labute approximate surface area is 144 Å². The molecule has 3 N–H and O–H groups in total. The van der Waals surface area contributed by atoms with E-state index in [4.69, 9.17) is 10.2 Å². The normalized spacial score (nSPS) is 10.9. The van der Waals surface area contributed by atoms with Gasteiger partial charge in [-0.3, -0.25) is 19.1 Å². The van der Waals surface area contributed by atoms with Gasteiger partial charge in [0.15, 0.2) is 10.9 Å². The number of hydrogen-bond donors (Lipinski definition) is 2. The Kier molecular flexibility index (Phi) is 4.57. The highest BCUT2D eigenvalue weighted by Gasteiger charge is 2.19. The molecule has 0 atom stereocenters. The number of H-pyrrole nitrogens is 1. The van der Waals surface area contributed by atoms with E-state index in [1.165, 1.54) is 13.4 Å². The lowest BCUT2D eigenvalue weighted by Crippen LogP contribution is -2.35. The van der Waals surface area contributed by atoms with Crippen molar-refractivity contribution in [2.45, 2.75) is 11.7 Å². The molecule has 25 heavy (non-hydrogen) atoms. The Morgan fingerprint density at radius 3 is 2.96 bits per heavy atom. The SMILES string of the molecule is Cn1c(N)c(C(=O)CSc2nncn2Cc2ccco2)c(=O)[nH]c1=O. The molecule has 11 heteroatoms. The molecule has 0 amide bonds. The third-order valence-electron chi connectivity index (χ3n) is 3.47. The number of nitrogens with zero attached hydrogens (tertiary/aromatic N) is 4. The number of rotatable bonds is 6. The fraction of sp³-hybridized carbons (Fsp3) is 0.214. The van der Waals surface area contributed by atoms with Gasteiger partial charge in [-0.15, -0.1) is 10.2 Å². The quantitative estimate of drug-likeness (QED) is 0.456. The second kappa shape index (κ2) is 6.81. The number of ketones is 1. The maximum absolute atomic E-state index is 12.4. The van der Waals surface area contributed by atoms with Crippen LogP contribution in [0.3, 0.4) is 0 Å². The van der Waals surface area contributed by atoms with Gasteiger partial charge in [-0.25, -0.2) is 4.79 Å². The van der Waals surface area contributed by atoms with Crippen molar-refractivity contribution in [1.29, 1.82) is 0 Å². The molecule has 0 radical (unpaired) electrons. The molecular weight excluding hydrogens is 348 g/mol. The summed E-state index contributed by atoms with van der Waals surface area (Å²) in [6.07, 6.45) is 3.08. The van der Waals surface area contributed by atoms with E-state index >= 15 is 0 Å². The number of nitrogen functional groups attached to an aromatic ring is 1. The minimum absolute atomic E-state index is 0.0810. The highest BCUT2D eigenvalue weighted by atomic mass is 32.2. The van der Waals surface area contributed by atoms with E-state index in [-0.39, 0.29) is 17.1 Å². The summed E-state index contributed by atoms with van der Waals surface area (Å²) >= 11 is 1.11. The van der Waals surface area contributed by atoms with Gasteiger partial charge in [0.2, 0.25) is 0 Å². The second-order valence-electron chi connectivity index (χ2n) is 5.11. The van der Waals surface area contributed by atoms with Gasteiger partial charge in [-0.2, -0.15) is 0 Å². The van der Waals surface area contributed by atoms with Crippen molar-refractivity contribution in [3.63, 3.8) is 0 Å². The lowest BCUT2D eigenvalue weighted by molar-refractivity contribution is 0.102. The van der Waals surface area contributed by atoms with Crippen LogP contribution in [0.2, 0.25) is 0 Å². The van der Waals surface area contributed by atoms with Gasteiger partial charge in [0.05, 0.1) is 18.6 Å². The minimum atomic E-state index is -0.803. The molecule has 3 rings (SSSR count). The van der Waals surface area contributed by atoms with E-state index in [0.717, 1.165) is 16.3 Å². The number of carbonyl (C=O) groups is 1. The van der Waals surface area contributed by atoms with Crippen LogP contribution in [0.15, 0.2) is 43.9 Å². The third-order valence-corrected chi connectivity index (χ3v) is 4.45. The average molecular weight is 362 g/mol. The minimum Gasteiger partial charge on any atom is -0.467 e. The van der Waals surface area contributed by atoms with Crippen LogP contribution in [0.4, 0.5) is 5.82 Å². The van der Waals surface area contributed by atoms with Crippen LogP contribution in [-0.2, 0) is 13.6 Å². The van der Waals surface area contributed by atoms with Crippen LogP contribution in [-0.4, -0.2) is 35.9 Å². The lowest BCUT2D eigenvalue weighted by atomic mass is 10.2. The molecule has 0 bridgehead atoms. The summed E-state index contributed by atoms with van der Waals surface area (Å²) in [5, 5.41) is 8.25. The Morgan fingerprint density at radius 1 is 1.44 bits per heavy atom. The average Bonchev–Trinajstić information content (AvgIpc) is 3.23. The first-order valence-corrected chi connectivity index (χ1v) is 8.11. The first kappa shape index (κ1) is 16.8. The van der Waals surface area contributed by atoms with E-state index in [0.29, 0.717) is 17.5 Å². The number of hydrogen-bond acceptors (Lipinski definition) is 8. The van der Waals surface area contributed by atoms with Crippen molar-refractivity contribution < 1.29 is 9.21 Å². The molecule has 0 unspecified atom stereocenters. The summed E-state index contributed by atoms with van der Waals surface area (Å²) < 4.78 is 7.99. The molecule has 3 aromatic heterocycles. The van der Waals surface area contributed by atoms with Crippen LogP contribution >= 0.6 is 11.8 Å². The van der Waals surface area contributed by atoms with Gasteiger partial charge in [0.25, 0.3) is 5.56 Å². The lowest BCUT2D eigenvalue weighted by Gasteiger charge is -2.07. The number of aromatic amines is 1. The van der Waals surface area contributed by atoms with E-state index in [1.54, 1.807) is 16.9 Å². The Hall–Kier alpha value is -3.08. The molecule has 0 aliphatic rings. The Balaban J connectivity index is 1.76. The summed E-state index contributed by atoms with van der Waals surface area (Å²) in [7, 11) is 1.37. The highest BCUT2D eigenvalue weighted by molar-refractivity contribution is 7.99. The van der Waals surface area contributed by atoms with Gasteiger partial charge in [0, 0.05) is 7.05 Å². The fourth-order valence-corrected chi connectivity index (χ4v) is 2.93. The zero-order chi connectivity index (χ0) is 18.0. The number of anilines is 1. The monoisotopic (exact) mass is 362 g/mol. The third kappa shape index (κ3) is 3.40. The van der Waals surface area contributed by atoms with Crippen molar-refractivity contribution in [2.75, 3.05) is 11.5 Å². The van der Waals surface area contributed by atoms with E-state index in [9.17, 15) is 14.4 Å². The topological polar surface area (TPSA) is 142 Å². The molecule has 0 saturated heterocycles. The van der Waals surface area contributed by atoms with E-state index in [2.05, 4.69) is 15.2 Å². The Bertz CT molecular complexity index is 1020. The molecule has 0 aromatic carbocycles. The van der Waals surface area contributed by atoms with Crippen molar-refractivity contribution >= 4 is 23.4 Å². The van der Waals surface area contributed by atoms with Gasteiger partial charge >= 0.3 is 5.69 Å². The van der Waals surface area contributed by atoms with Crippen LogP contribution in [0, 0.1) is 0 Å². The number of carbonyl (C=O) groups excluding carboxylic acids is 1. The summed E-state index contributed by atoms with van der Waals surface area (Å²) in [6.45, 7) is 0.416. The summed E-state index contributed by atoms with van der Waals surface area (Å²) in [6, 6.07) is 3.58. The summed E-state index contributed by atoms with van der Waals surface area (Å²) in [4.78, 5) is 37.7. The number of nitrogens with one attached hydrogen (secondary N) is 1. The molecule has 0 aliphatic carbocycles. The fourth-order valence-electron chi connectivity index (χ4n) is 2.14. The van der Waals surface area contributed by atoms with Gasteiger partial charge in [0.1, 0.15) is 23.5 Å². The molecule has 0 spiro atoms. The number of thioether (sulfide) groups is 1. The maximum atomic E-state index is 12.4. The number of Topliss-reactive ketones (excluding diaryl/α,β-unsaturated/α-hetero) is 1. The molecule has 0 aliphatic heterocycles. The zero-order valence-corrected chi connectivity index (χ0v) is 13.9. The molecular formula is C14H14N6O4S. The summed E-state index contributed by atoms with van der Waals surface area (Å²) in [5.74, 6) is -0.0440. The number of nitrogens with two attached hydrogens (primary N) is 1. The molecule has 0 fully saturated rings. The molecule has 10 nitrogen and oxygen atoms in total. The molecule has 3 heterocycles. The smallest absolute Gasteiger partial charge is 0.329 e. The van der Waals surface area contributed by atoms with Crippen molar-refractivity contribution in [3.8, 4) is 0 Å². The van der Waals surface area contributed by atoms with Crippen molar-refractivity contribution in [3.05, 3.63) is 56.9 Å². The number of furan rings is 1. The van der Waals surface area contributed by atoms with Crippen LogP contribution < -0.4 is 17.0 Å². The van der Waals surface area contributed by atoms with Crippen LogP contribution in [0.5, 0.6) is 0 Å². The molecule has 3 aromatic rings.